The van der Waals surface area contributed by atoms with Crippen molar-refractivity contribution in [2.45, 2.75) is 41.0 Å². The molecule has 0 aromatic carbocycles. The smallest absolute Gasteiger partial charge is 0.244 e. The second-order valence-corrected chi connectivity index (χ2v) is 9.19. The number of sulfonamides is 1. The van der Waals surface area contributed by atoms with Crippen LogP contribution >= 0.6 is 11.8 Å². The molecule has 0 radical (unpaired) electrons. The van der Waals surface area contributed by atoms with Crippen LogP contribution in [0.5, 0.6) is 0 Å². The highest BCUT2D eigenvalue weighted by Gasteiger charge is 2.28. The maximum Gasteiger partial charge on any atom is 0.244 e. The van der Waals surface area contributed by atoms with Gasteiger partial charge in [-0.25, -0.2) is 13.4 Å². The number of carbonyl (C=O) groups is 1. The van der Waals surface area contributed by atoms with Gasteiger partial charge >= 0.3 is 0 Å². The van der Waals surface area contributed by atoms with E-state index in [1.165, 1.54) is 22.3 Å². The van der Waals surface area contributed by atoms with E-state index in [0.29, 0.717) is 37.4 Å². The Hall–Kier alpha value is -1.16. The van der Waals surface area contributed by atoms with Gasteiger partial charge < -0.3 is 10.1 Å². The van der Waals surface area contributed by atoms with Crippen molar-refractivity contribution in [2.24, 2.45) is 0 Å². The Morgan fingerprint density at radius 3 is 2.67 bits per heavy atom. The molecule has 1 N–H and O–H groups in total. The Balaban J connectivity index is 1.62. The van der Waals surface area contributed by atoms with Crippen molar-refractivity contribution in [3.8, 4) is 0 Å². The summed E-state index contributed by atoms with van der Waals surface area (Å²) in [6.45, 7) is 3.36. The van der Waals surface area contributed by atoms with Gasteiger partial charge in [0.25, 0.3) is 0 Å². The molecule has 0 bridgehead atoms. The van der Waals surface area contributed by atoms with Crippen molar-refractivity contribution in [1.82, 2.24) is 14.6 Å². The molecule has 132 valence electrons. The van der Waals surface area contributed by atoms with E-state index in [4.69, 9.17) is 4.74 Å². The molecule has 1 aromatic heterocycles. The summed E-state index contributed by atoms with van der Waals surface area (Å²) in [5, 5.41) is 3.32. The van der Waals surface area contributed by atoms with E-state index >= 15 is 0 Å². The normalized spacial score (nSPS) is 20.5. The third-order valence-corrected chi connectivity index (χ3v) is 6.84. The first-order chi connectivity index (χ1) is 11.5. The van der Waals surface area contributed by atoms with E-state index < -0.39 is 10.0 Å². The number of rotatable bonds is 6. The van der Waals surface area contributed by atoms with Crippen LogP contribution < -0.4 is 5.32 Å². The van der Waals surface area contributed by atoms with Crippen LogP contribution in [-0.2, 0) is 19.6 Å². The molecule has 1 saturated carbocycles. The minimum atomic E-state index is -3.53. The highest BCUT2D eigenvalue weighted by atomic mass is 32.2. The lowest BCUT2D eigenvalue weighted by Crippen LogP contribution is -2.40. The Kier molecular flexibility index (Phi) is 5.43. The second-order valence-electron chi connectivity index (χ2n) is 5.89. The predicted molar refractivity (Wildman–Crippen MR) is 90.3 cm³/mol. The summed E-state index contributed by atoms with van der Waals surface area (Å²) in [7, 11) is -3.53. The Bertz CT molecular complexity index is 683. The van der Waals surface area contributed by atoms with Crippen molar-refractivity contribution in [1.29, 1.82) is 0 Å². The molecule has 24 heavy (non-hydrogen) atoms. The highest BCUT2D eigenvalue weighted by Crippen LogP contribution is 2.25. The molecule has 1 aromatic rings. The van der Waals surface area contributed by atoms with E-state index in [-0.39, 0.29) is 16.1 Å². The van der Waals surface area contributed by atoms with Gasteiger partial charge in [-0.15, -0.1) is 0 Å². The fraction of sp³-hybridized carbons (Fsp3) is 0.600. The fourth-order valence-electron chi connectivity index (χ4n) is 2.31. The third kappa shape index (κ3) is 4.27. The molecule has 2 aliphatic rings. The number of hydrogen-bond donors (Lipinski definition) is 1. The maximum atomic E-state index is 12.5. The zero-order valence-corrected chi connectivity index (χ0v) is 15.1. The summed E-state index contributed by atoms with van der Waals surface area (Å²) in [5.74, 6) is -0.00526. The summed E-state index contributed by atoms with van der Waals surface area (Å²) in [6.07, 6.45) is 3.46. The minimum Gasteiger partial charge on any atom is -0.379 e. The van der Waals surface area contributed by atoms with Crippen molar-refractivity contribution in [3.63, 3.8) is 0 Å². The third-order valence-electron chi connectivity index (χ3n) is 3.91. The second kappa shape index (κ2) is 7.38. The molecule has 1 amide bonds. The number of amides is 1. The monoisotopic (exact) mass is 371 g/mol. The van der Waals surface area contributed by atoms with E-state index in [1.807, 2.05) is 6.92 Å². The van der Waals surface area contributed by atoms with Crippen LogP contribution in [0.25, 0.3) is 0 Å². The van der Waals surface area contributed by atoms with Crippen molar-refractivity contribution in [2.75, 3.05) is 26.3 Å². The van der Waals surface area contributed by atoms with Crippen LogP contribution in [0.3, 0.4) is 0 Å². The van der Waals surface area contributed by atoms with E-state index in [0.717, 1.165) is 12.8 Å². The molecule has 1 aliphatic heterocycles. The number of nitrogens with zero attached hydrogens (tertiary/aromatic N) is 2. The quantitative estimate of drug-likeness (QED) is 0.746. The van der Waals surface area contributed by atoms with Crippen LogP contribution in [0.4, 0.5) is 0 Å². The van der Waals surface area contributed by atoms with Crippen LogP contribution in [0, 0.1) is 0 Å². The molecular weight excluding hydrogens is 350 g/mol. The van der Waals surface area contributed by atoms with Gasteiger partial charge in [0.2, 0.25) is 15.9 Å². The minimum absolute atomic E-state index is 0.00526. The van der Waals surface area contributed by atoms with E-state index in [9.17, 15) is 13.2 Å². The zero-order chi connectivity index (χ0) is 17.2. The summed E-state index contributed by atoms with van der Waals surface area (Å²) in [4.78, 5) is 16.3. The SMILES string of the molecule is CC(Sc1ccc(S(=O)(=O)N2CCOCC2)cn1)C(=O)NC1CC1. The molecule has 1 aliphatic carbocycles. The average molecular weight is 371 g/mol. The number of pyridine rings is 1. The largest absolute Gasteiger partial charge is 0.379 e. The number of aromatic nitrogens is 1. The van der Waals surface area contributed by atoms with Gasteiger partial charge in [0.05, 0.1) is 23.5 Å². The molecule has 1 atom stereocenters. The van der Waals surface area contributed by atoms with Crippen LogP contribution in [0.15, 0.2) is 28.3 Å². The van der Waals surface area contributed by atoms with Crippen molar-refractivity contribution < 1.29 is 17.9 Å². The van der Waals surface area contributed by atoms with Gasteiger partial charge in [0.1, 0.15) is 4.90 Å². The average Bonchev–Trinajstić information content (AvgIpc) is 3.40. The van der Waals surface area contributed by atoms with E-state index in [2.05, 4.69) is 10.3 Å². The van der Waals surface area contributed by atoms with Crippen molar-refractivity contribution >= 4 is 27.7 Å². The Morgan fingerprint density at radius 2 is 2.08 bits per heavy atom. The molecule has 3 rings (SSSR count). The number of ether oxygens (including phenoxy) is 1. The molecule has 7 nitrogen and oxygen atoms in total. The topological polar surface area (TPSA) is 88.6 Å². The van der Waals surface area contributed by atoms with Gasteiger partial charge in [-0.3, -0.25) is 4.79 Å². The van der Waals surface area contributed by atoms with Crippen LogP contribution in [0.1, 0.15) is 19.8 Å². The lowest BCUT2D eigenvalue weighted by Gasteiger charge is -2.25. The first-order valence-electron chi connectivity index (χ1n) is 7.98. The molecule has 1 saturated heterocycles. The lowest BCUT2D eigenvalue weighted by atomic mass is 10.4. The summed E-state index contributed by atoms with van der Waals surface area (Å²) in [5.41, 5.74) is 0. The number of nitrogens with one attached hydrogen (secondary N) is 1. The number of morpholine rings is 1. The number of hydrogen-bond acceptors (Lipinski definition) is 6. The molecule has 0 spiro atoms. The Morgan fingerprint density at radius 1 is 1.38 bits per heavy atom. The number of thioether (sulfide) groups is 1. The molecule has 2 heterocycles. The first-order valence-corrected chi connectivity index (χ1v) is 10.3. The zero-order valence-electron chi connectivity index (χ0n) is 13.5. The molecule has 2 fully saturated rings. The van der Waals surface area contributed by atoms with Crippen molar-refractivity contribution in [3.05, 3.63) is 18.3 Å². The summed E-state index contributed by atoms with van der Waals surface area (Å²) < 4.78 is 31.6. The van der Waals surface area contributed by atoms with Crippen LogP contribution in [0.2, 0.25) is 0 Å². The predicted octanol–water partition coefficient (Wildman–Crippen LogP) is 0.862. The van der Waals surface area contributed by atoms with Gasteiger partial charge in [-0.2, -0.15) is 4.31 Å². The standard InChI is InChI=1S/C15H21N3O4S2/c1-11(15(19)17-12-2-3-12)23-14-5-4-13(10-16-14)24(20,21)18-6-8-22-9-7-18/h4-5,10-12H,2-3,6-9H2,1H3,(H,17,19). The van der Waals surface area contributed by atoms with Crippen LogP contribution in [-0.4, -0.2) is 61.2 Å². The molecular formula is C15H21N3O4S2. The lowest BCUT2D eigenvalue weighted by molar-refractivity contribution is -0.120. The maximum absolute atomic E-state index is 12.5. The summed E-state index contributed by atoms with van der Waals surface area (Å²) in [6, 6.07) is 3.53. The highest BCUT2D eigenvalue weighted by molar-refractivity contribution is 8.00. The first kappa shape index (κ1) is 17.7. The fourth-order valence-corrected chi connectivity index (χ4v) is 4.46. The number of carbonyl (C=O) groups excluding carboxylic acids is 1. The van der Waals surface area contributed by atoms with Gasteiger partial charge in [0, 0.05) is 25.3 Å². The summed E-state index contributed by atoms with van der Waals surface area (Å²) >= 11 is 1.32. The molecule has 1 unspecified atom stereocenters. The Labute approximate surface area is 146 Å². The van der Waals surface area contributed by atoms with Gasteiger partial charge in [0.15, 0.2) is 0 Å². The van der Waals surface area contributed by atoms with Gasteiger partial charge in [-0.05, 0) is 31.9 Å². The van der Waals surface area contributed by atoms with Gasteiger partial charge in [-0.1, -0.05) is 11.8 Å². The van der Waals surface area contributed by atoms with E-state index in [1.54, 1.807) is 12.1 Å². The molecule has 9 heteroatoms.